The number of ether oxygens (including phenoxy) is 1. The van der Waals surface area contributed by atoms with Gasteiger partial charge < -0.3 is 14.1 Å². The molecule has 1 aromatic carbocycles. The van der Waals surface area contributed by atoms with Crippen LogP contribution in [0.2, 0.25) is 5.21 Å². The van der Waals surface area contributed by atoms with Crippen molar-refractivity contribution in [3.63, 3.8) is 0 Å². The number of aromatic nitrogens is 3. The zero-order valence-corrected chi connectivity index (χ0v) is 19.0. The predicted molar refractivity (Wildman–Crippen MR) is 125 cm³/mol. The third-order valence-corrected chi connectivity index (χ3v) is 5.88. The Morgan fingerprint density at radius 2 is 2.00 bits per heavy atom. The van der Waals surface area contributed by atoms with Gasteiger partial charge in [0, 0.05) is 42.2 Å². The molecule has 0 radical (unpaired) electrons. The van der Waals surface area contributed by atoms with Gasteiger partial charge in [-0.25, -0.2) is 4.39 Å². The SMILES string of the molecule is BC1(B)COCCN(C(=O)c2cc3c(cn2)c(-c2coc4ccc(F)cc24)nn3CC(F)(F)F)C1. The van der Waals surface area contributed by atoms with Gasteiger partial charge in [-0.05, 0) is 29.5 Å². The molecule has 1 fully saturated rings. The predicted octanol–water partition coefficient (Wildman–Crippen LogP) is 2.40. The molecule has 0 saturated carbocycles. The van der Waals surface area contributed by atoms with Crippen LogP contribution in [0.1, 0.15) is 10.5 Å². The standard InChI is InChI=1S/C22H20B2F4N4O3/c23-21(24)9-31(3-4-34-11-21)20(33)16-6-17-14(7-29-16)19(30-32(17)10-22(26,27)28)15-8-35-18-2-1-12(25)5-13(15)18/h1-2,5-8H,3-4,9-11,23-24H2. The van der Waals surface area contributed by atoms with Gasteiger partial charge in [-0.2, -0.15) is 18.3 Å². The minimum atomic E-state index is -4.56. The van der Waals surface area contributed by atoms with Gasteiger partial charge >= 0.3 is 6.18 Å². The van der Waals surface area contributed by atoms with Crippen molar-refractivity contribution < 1.29 is 31.5 Å². The number of halogens is 4. The zero-order valence-electron chi connectivity index (χ0n) is 19.0. The Balaban J connectivity index is 1.62. The highest BCUT2D eigenvalue weighted by Gasteiger charge is 2.32. The van der Waals surface area contributed by atoms with E-state index in [0.29, 0.717) is 42.8 Å². The number of carbonyl (C=O) groups is 1. The van der Waals surface area contributed by atoms with Crippen LogP contribution in [0.5, 0.6) is 0 Å². The van der Waals surface area contributed by atoms with E-state index in [9.17, 15) is 22.4 Å². The van der Waals surface area contributed by atoms with E-state index >= 15 is 0 Å². The smallest absolute Gasteiger partial charge is 0.408 e. The van der Waals surface area contributed by atoms with E-state index in [1.807, 2.05) is 15.7 Å². The number of amides is 1. The second-order valence-electron chi connectivity index (χ2n) is 9.44. The Kier molecular flexibility index (Phi) is 5.62. The van der Waals surface area contributed by atoms with E-state index in [1.54, 1.807) is 4.90 Å². The van der Waals surface area contributed by atoms with E-state index in [2.05, 4.69) is 10.1 Å². The van der Waals surface area contributed by atoms with Crippen molar-refractivity contribution in [2.45, 2.75) is 17.9 Å². The van der Waals surface area contributed by atoms with Crippen LogP contribution < -0.4 is 0 Å². The second-order valence-corrected chi connectivity index (χ2v) is 9.44. The van der Waals surface area contributed by atoms with Gasteiger partial charge in [0.05, 0.1) is 12.1 Å². The maximum Gasteiger partial charge on any atom is 0.408 e. The maximum absolute atomic E-state index is 13.9. The number of carbonyl (C=O) groups excluding carboxylic acids is 1. The van der Waals surface area contributed by atoms with Crippen LogP contribution in [-0.2, 0) is 11.3 Å². The number of hydrogen-bond acceptors (Lipinski definition) is 5. The average Bonchev–Trinajstić information content (AvgIpc) is 3.28. The monoisotopic (exact) mass is 486 g/mol. The highest BCUT2D eigenvalue weighted by atomic mass is 19.4. The van der Waals surface area contributed by atoms with Gasteiger partial charge in [-0.3, -0.25) is 14.5 Å². The van der Waals surface area contributed by atoms with Gasteiger partial charge in [0.1, 0.15) is 51.3 Å². The van der Waals surface area contributed by atoms with Crippen molar-refractivity contribution >= 4 is 43.5 Å². The second kappa shape index (κ2) is 8.40. The number of nitrogens with zero attached hydrogens (tertiary/aromatic N) is 4. The number of pyridine rings is 1. The summed E-state index contributed by atoms with van der Waals surface area (Å²) in [6.07, 6.45) is -1.90. The summed E-state index contributed by atoms with van der Waals surface area (Å²) < 4.78 is 65.8. The van der Waals surface area contributed by atoms with Crippen molar-refractivity contribution in [2.75, 3.05) is 26.3 Å². The first-order chi connectivity index (χ1) is 16.5. The number of furan rings is 1. The fraction of sp³-hybridized carbons (Fsp3) is 0.318. The maximum atomic E-state index is 13.9. The molecule has 1 saturated heterocycles. The summed E-state index contributed by atoms with van der Waals surface area (Å²) in [5.41, 5.74) is 0.952. The van der Waals surface area contributed by atoms with Crippen molar-refractivity contribution in [3.8, 4) is 11.3 Å². The lowest BCUT2D eigenvalue weighted by Crippen LogP contribution is -2.39. The van der Waals surface area contributed by atoms with Crippen LogP contribution in [0.25, 0.3) is 33.1 Å². The number of alkyl halides is 3. The summed E-state index contributed by atoms with van der Waals surface area (Å²) in [5.74, 6) is -0.919. The summed E-state index contributed by atoms with van der Waals surface area (Å²) in [5, 5.41) is 4.56. The fourth-order valence-electron chi connectivity index (χ4n) is 4.36. The molecule has 0 atom stereocenters. The third-order valence-electron chi connectivity index (χ3n) is 5.88. The van der Waals surface area contributed by atoms with Crippen LogP contribution in [-0.4, -0.2) is 73.7 Å². The summed E-state index contributed by atoms with van der Waals surface area (Å²) in [6, 6.07) is 5.22. The Morgan fingerprint density at radius 3 is 2.77 bits per heavy atom. The highest BCUT2D eigenvalue weighted by molar-refractivity contribution is 6.40. The molecule has 1 aliphatic heterocycles. The molecule has 0 aliphatic carbocycles. The normalized spacial score (nSPS) is 16.6. The molecule has 35 heavy (non-hydrogen) atoms. The molecule has 0 unspecified atom stereocenters. The molecule has 5 rings (SSSR count). The molecular formula is C22H20B2F4N4O3. The van der Waals surface area contributed by atoms with E-state index in [-0.39, 0.29) is 27.5 Å². The molecule has 0 N–H and O–H groups in total. The minimum Gasteiger partial charge on any atom is -0.464 e. The van der Waals surface area contributed by atoms with Gasteiger partial charge in [-0.15, -0.1) is 0 Å². The van der Waals surface area contributed by atoms with Crippen LogP contribution in [0, 0.1) is 5.82 Å². The van der Waals surface area contributed by atoms with Crippen molar-refractivity contribution in [3.05, 3.63) is 48.2 Å². The van der Waals surface area contributed by atoms with Crippen LogP contribution in [0.15, 0.2) is 41.1 Å². The van der Waals surface area contributed by atoms with E-state index in [0.717, 1.165) is 4.68 Å². The largest absolute Gasteiger partial charge is 0.464 e. The summed E-state index contributed by atoms with van der Waals surface area (Å²) in [4.78, 5) is 19.1. The van der Waals surface area contributed by atoms with Gasteiger partial charge in [0.2, 0.25) is 0 Å². The number of rotatable bonds is 3. The number of hydrogen-bond donors (Lipinski definition) is 0. The Hall–Kier alpha value is -3.34. The molecular weight excluding hydrogens is 466 g/mol. The molecule has 1 aliphatic rings. The summed E-state index contributed by atoms with van der Waals surface area (Å²) in [6.45, 7) is 0.255. The Bertz CT molecular complexity index is 1430. The van der Waals surface area contributed by atoms with Crippen LogP contribution in [0.4, 0.5) is 17.6 Å². The topological polar surface area (TPSA) is 73.4 Å². The Morgan fingerprint density at radius 1 is 1.20 bits per heavy atom. The van der Waals surface area contributed by atoms with E-state index in [4.69, 9.17) is 9.15 Å². The van der Waals surface area contributed by atoms with Crippen molar-refractivity contribution in [1.82, 2.24) is 19.7 Å². The first-order valence-corrected chi connectivity index (χ1v) is 11.0. The van der Waals surface area contributed by atoms with Gasteiger partial charge in [0.25, 0.3) is 5.91 Å². The van der Waals surface area contributed by atoms with Gasteiger partial charge in [0.15, 0.2) is 0 Å². The first kappa shape index (κ1) is 23.4. The Labute approximate surface area is 198 Å². The quantitative estimate of drug-likeness (QED) is 0.329. The van der Waals surface area contributed by atoms with Crippen LogP contribution in [0.3, 0.4) is 0 Å². The fourth-order valence-corrected chi connectivity index (χ4v) is 4.36. The van der Waals surface area contributed by atoms with Crippen LogP contribution >= 0.6 is 0 Å². The lowest BCUT2D eigenvalue weighted by molar-refractivity contribution is -0.141. The third kappa shape index (κ3) is 4.64. The molecule has 4 aromatic rings. The zero-order chi connectivity index (χ0) is 25.0. The van der Waals surface area contributed by atoms with E-state index in [1.165, 1.54) is 36.7 Å². The highest BCUT2D eigenvalue weighted by Crippen LogP contribution is 2.36. The van der Waals surface area contributed by atoms with E-state index < -0.39 is 24.4 Å². The molecule has 180 valence electrons. The molecule has 0 bridgehead atoms. The molecule has 13 heteroatoms. The molecule has 1 amide bonds. The number of benzene rings is 1. The summed E-state index contributed by atoms with van der Waals surface area (Å²) in [7, 11) is 3.94. The van der Waals surface area contributed by atoms with Gasteiger partial charge in [-0.1, -0.05) is 0 Å². The number of fused-ring (bicyclic) bond motifs is 2. The lowest BCUT2D eigenvalue weighted by atomic mass is 9.55. The lowest BCUT2D eigenvalue weighted by Gasteiger charge is -2.28. The average molecular weight is 486 g/mol. The molecule has 7 nitrogen and oxygen atoms in total. The molecule has 3 aromatic heterocycles. The summed E-state index contributed by atoms with van der Waals surface area (Å²) >= 11 is 0. The van der Waals surface area contributed by atoms with Crippen molar-refractivity contribution in [1.29, 1.82) is 0 Å². The molecule has 0 spiro atoms. The molecule has 4 heterocycles. The first-order valence-electron chi connectivity index (χ1n) is 11.0. The minimum absolute atomic E-state index is 0.00757. The van der Waals surface area contributed by atoms with Crippen molar-refractivity contribution in [2.24, 2.45) is 0 Å².